The summed E-state index contributed by atoms with van der Waals surface area (Å²) in [5.41, 5.74) is 2.67. The molecule has 7 heteroatoms. The number of thiazole rings is 1. The number of carbonyl (C=O) groups excluding carboxylic acids is 2. The summed E-state index contributed by atoms with van der Waals surface area (Å²) >= 11 is 7.26. The van der Waals surface area contributed by atoms with Gasteiger partial charge in [0.1, 0.15) is 5.69 Å². The van der Waals surface area contributed by atoms with Crippen molar-refractivity contribution in [2.75, 3.05) is 10.6 Å². The van der Waals surface area contributed by atoms with Crippen LogP contribution in [0.4, 0.5) is 10.8 Å². The smallest absolute Gasteiger partial charge is 0.275 e. The fourth-order valence-corrected chi connectivity index (χ4v) is 3.13. The van der Waals surface area contributed by atoms with Gasteiger partial charge in [-0.05, 0) is 30.2 Å². The van der Waals surface area contributed by atoms with Crippen molar-refractivity contribution >= 4 is 45.6 Å². The normalized spacial score (nSPS) is 10.4. The number of amides is 2. The maximum absolute atomic E-state index is 12.3. The minimum Gasteiger partial charge on any atom is -0.321 e. The minimum absolute atomic E-state index is 0.178. The third-order valence-corrected chi connectivity index (χ3v) is 4.79. The Balaban J connectivity index is 1.60. The molecule has 132 valence electrons. The van der Waals surface area contributed by atoms with Crippen LogP contribution in [0.3, 0.4) is 0 Å². The number of aryl methyl sites for hydroxylation is 1. The van der Waals surface area contributed by atoms with E-state index >= 15 is 0 Å². The summed E-state index contributed by atoms with van der Waals surface area (Å²) in [4.78, 5) is 28.5. The second-order valence-electron chi connectivity index (χ2n) is 5.67. The number of halogens is 1. The largest absolute Gasteiger partial charge is 0.321 e. The predicted octanol–water partition coefficient (Wildman–Crippen LogP) is 4.54. The second kappa shape index (κ2) is 8.12. The molecule has 26 heavy (non-hydrogen) atoms. The van der Waals surface area contributed by atoms with Crippen LogP contribution in [0.15, 0.2) is 53.9 Å². The summed E-state index contributed by atoms with van der Waals surface area (Å²) in [6.45, 7) is 1.89. The molecule has 3 aromatic rings. The molecule has 0 spiro atoms. The van der Waals surface area contributed by atoms with Gasteiger partial charge in [0, 0.05) is 16.1 Å². The average Bonchev–Trinajstić information content (AvgIpc) is 3.07. The highest BCUT2D eigenvalue weighted by molar-refractivity contribution is 7.14. The molecule has 0 fully saturated rings. The van der Waals surface area contributed by atoms with Gasteiger partial charge in [0.05, 0.1) is 6.42 Å². The van der Waals surface area contributed by atoms with Crippen molar-refractivity contribution in [3.63, 3.8) is 0 Å². The quantitative estimate of drug-likeness (QED) is 0.677. The van der Waals surface area contributed by atoms with E-state index in [2.05, 4.69) is 15.6 Å². The third-order valence-electron chi connectivity index (χ3n) is 3.62. The molecule has 1 aromatic heterocycles. The van der Waals surface area contributed by atoms with E-state index in [0.29, 0.717) is 15.8 Å². The number of hydrogen-bond acceptors (Lipinski definition) is 4. The lowest BCUT2D eigenvalue weighted by atomic mass is 10.1. The van der Waals surface area contributed by atoms with Gasteiger partial charge in [-0.15, -0.1) is 11.3 Å². The van der Waals surface area contributed by atoms with Gasteiger partial charge in [-0.1, -0.05) is 48.0 Å². The lowest BCUT2D eigenvalue weighted by Crippen LogP contribution is -2.15. The van der Waals surface area contributed by atoms with Crippen LogP contribution in [0.5, 0.6) is 0 Å². The summed E-state index contributed by atoms with van der Waals surface area (Å²) < 4.78 is 0. The zero-order valence-corrected chi connectivity index (χ0v) is 15.5. The topological polar surface area (TPSA) is 71.1 Å². The Bertz CT molecular complexity index is 941. The van der Waals surface area contributed by atoms with E-state index in [1.165, 1.54) is 11.3 Å². The first-order valence-corrected chi connectivity index (χ1v) is 9.14. The molecule has 1 heterocycles. The number of rotatable bonds is 5. The molecule has 0 atom stereocenters. The number of nitrogens with one attached hydrogen (secondary N) is 2. The molecule has 0 saturated heterocycles. The summed E-state index contributed by atoms with van der Waals surface area (Å²) in [6.07, 6.45) is 0.254. The van der Waals surface area contributed by atoms with Crippen LogP contribution in [-0.2, 0) is 11.2 Å². The maximum atomic E-state index is 12.3. The van der Waals surface area contributed by atoms with Crippen LogP contribution < -0.4 is 10.6 Å². The first-order chi connectivity index (χ1) is 12.5. The molecule has 0 unspecified atom stereocenters. The maximum Gasteiger partial charge on any atom is 0.275 e. The Labute approximate surface area is 160 Å². The van der Waals surface area contributed by atoms with Crippen LogP contribution in [0.25, 0.3) is 0 Å². The van der Waals surface area contributed by atoms with Gasteiger partial charge in [-0.25, -0.2) is 4.98 Å². The van der Waals surface area contributed by atoms with Gasteiger partial charge in [0.25, 0.3) is 5.91 Å². The monoisotopic (exact) mass is 385 g/mol. The lowest BCUT2D eigenvalue weighted by molar-refractivity contribution is -0.115. The predicted molar refractivity (Wildman–Crippen MR) is 105 cm³/mol. The lowest BCUT2D eigenvalue weighted by Gasteiger charge is -2.05. The molecule has 3 rings (SSSR count). The molecule has 2 N–H and O–H groups in total. The first-order valence-electron chi connectivity index (χ1n) is 7.88. The molecular weight excluding hydrogens is 370 g/mol. The van der Waals surface area contributed by atoms with Crippen LogP contribution in [0, 0.1) is 6.92 Å². The van der Waals surface area contributed by atoms with Crippen LogP contribution in [-0.4, -0.2) is 16.8 Å². The van der Waals surface area contributed by atoms with E-state index < -0.39 is 0 Å². The number of nitrogens with zero attached hydrogens (tertiary/aromatic N) is 1. The molecule has 0 saturated carbocycles. The van der Waals surface area contributed by atoms with Gasteiger partial charge < -0.3 is 10.6 Å². The van der Waals surface area contributed by atoms with Crippen molar-refractivity contribution < 1.29 is 9.59 Å². The first kappa shape index (κ1) is 18.1. The highest BCUT2D eigenvalue weighted by Gasteiger charge is 2.13. The van der Waals surface area contributed by atoms with Crippen molar-refractivity contribution in [1.29, 1.82) is 0 Å². The Morgan fingerprint density at radius 2 is 1.88 bits per heavy atom. The van der Waals surface area contributed by atoms with Gasteiger partial charge in [0.2, 0.25) is 5.91 Å². The van der Waals surface area contributed by atoms with E-state index in [4.69, 9.17) is 11.6 Å². The minimum atomic E-state index is -0.357. The molecule has 2 amide bonds. The van der Waals surface area contributed by atoms with Crippen molar-refractivity contribution in [2.45, 2.75) is 13.3 Å². The highest BCUT2D eigenvalue weighted by Crippen LogP contribution is 2.21. The SMILES string of the molecule is Cc1ccc(NC(=O)c2csc(NC(=O)Cc3ccccc3)n2)cc1Cl. The average molecular weight is 386 g/mol. The molecule has 5 nitrogen and oxygen atoms in total. The number of anilines is 2. The van der Waals surface area contributed by atoms with Gasteiger partial charge in [-0.2, -0.15) is 0 Å². The van der Waals surface area contributed by atoms with Crippen molar-refractivity contribution in [2.24, 2.45) is 0 Å². The van der Waals surface area contributed by atoms with Crippen LogP contribution >= 0.6 is 22.9 Å². The Morgan fingerprint density at radius 1 is 1.12 bits per heavy atom. The molecule has 2 aromatic carbocycles. The molecule has 0 aliphatic rings. The zero-order valence-electron chi connectivity index (χ0n) is 14.0. The highest BCUT2D eigenvalue weighted by atomic mass is 35.5. The van der Waals surface area contributed by atoms with Crippen molar-refractivity contribution in [3.8, 4) is 0 Å². The van der Waals surface area contributed by atoms with E-state index in [0.717, 1.165) is 11.1 Å². The molecule has 0 bridgehead atoms. The summed E-state index contributed by atoms with van der Waals surface area (Å²) in [6, 6.07) is 14.7. The summed E-state index contributed by atoms with van der Waals surface area (Å²) in [5, 5.41) is 8.02. The number of hydrogen-bond donors (Lipinski definition) is 2. The Morgan fingerprint density at radius 3 is 2.62 bits per heavy atom. The third kappa shape index (κ3) is 4.68. The fourth-order valence-electron chi connectivity index (χ4n) is 2.25. The molecule has 0 aliphatic heterocycles. The van der Waals surface area contributed by atoms with Gasteiger partial charge in [0.15, 0.2) is 5.13 Å². The number of aromatic nitrogens is 1. The van der Waals surface area contributed by atoms with Crippen molar-refractivity contribution in [3.05, 3.63) is 75.8 Å². The fraction of sp³-hybridized carbons (Fsp3) is 0.105. The van der Waals surface area contributed by atoms with E-state index in [1.807, 2.05) is 43.3 Å². The standard InChI is InChI=1S/C19H16ClN3O2S/c1-12-7-8-14(10-15(12)20)21-18(25)16-11-26-19(22-16)23-17(24)9-13-5-3-2-4-6-13/h2-8,10-11H,9H2,1H3,(H,21,25)(H,22,23,24). The van der Waals surface area contributed by atoms with E-state index in [9.17, 15) is 9.59 Å². The second-order valence-corrected chi connectivity index (χ2v) is 6.93. The molecule has 0 radical (unpaired) electrons. The number of carbonyl (C=O) groups is 2. The van der Waals surface area contributed by atoms with Gasteiger partial charge in [-0.3, -0.25) is 9.59 Å². The Hall–Kier alpha value is -2.70. The zero-order chi connectivity index (χ0) is 18.5. The molecule has 0 aliphatic carbocycles. The Kier molecular flexibility index (Phi) is 5.65. The van der Waals surface area contributed by atoms with Crippen molar-refractivity contribution in [1.82, 2.24) is 4.98 Å². The van der Waals surface area contributed by atoms with Crippen LogP contribution in [0.1, 0.15) is 21.6 Å². The van der Waals surface area contributed by atoms with Gasteiger partial charge >= 0.3 is 0 Å². The summed E-state index contributed by atoms with van der Waals surface area (Å²) in [7, 11) is 0. The van der Waals surface area contributed by atoms with Crippen LogP contribution in [0.2, 0.25) is 5.02 Å². The number of benzene rings is 2. The van der Waals surface area contributed by atoms with E-state index in [-0.39, 0.29) is 23.9 Å². The summed E-state index contributed by atoms with van der Waals surface area (Å²) in [5.74, 6) is -0.535. The van der Waals surface area contributed by atoms with E-state index in [1.54, 1.807) is 17.5 Å². The molecular formula is C19H16ClN3O2S.